The molecule has 1 aromatic heterocycles. The zero-order valence-corrected chi connectivity index (χ0v) is 11.6. The standard InChI is InChI=1S/C15H13N5O2/c16-12-6-4-10(5-7-12)8-14-17-15(19-18-14)11-2-1-3-13(9-11)20(21)22/h1-7,9H,8,16H2,(H,17,18,19). The van der Waals surface area contributed by atoms with Gasteiger partial charge in [-0.1, -0.05) is 24.3 Å². The fraction of sp³-hybridized carbons (Fsp3) is 0.0667. The van der Waals surface area contributed by atoms with Gasteiger partial charge in [0.2, 0.25) is 0 Å². The van der Waals surface area contributed by atoms with E-state index in [0.29, 0.717) is 29.3 Å². The van der Waals surface area contributed by atoms with Crippen LogP contribution >= 0.6 is 0 Å². The SMILES string of the molecule is Nc1ccc(Cc2nc(-c3cccc([N+](=O)[O-])c3)n[nH]2)cc1. The Hall–Kier alpha value is -3.22. The molecule has 0 atom stereocenters. The number of nitro benzene ring substituents is 1. The topological polar surface area (TPSA) is 111 Å². The van der Waals surface area contributed by atoms with Crippen molar-refractivity contribution in [1.29, 1.82) is 0 Å². The molecule has 3 rings (SSSR count). The molecule has 0 radical (unpaired) electrons. The fourth-order valence-electron chi connectivity index (χ4n) is 2.09. The van der Waals surface area contributed by atoms with Crippen molar-refractivity contribution in [3.8, 4) is 11.4 Å². The molecule has 22 heavy (non-hydrogen) atoms. The summed E-state index contributed by atoms with van der Waals surface area (Å²) in [4.78, 5) is 14.7. The number of aromatic nitrogens is 3. The molecule has 110 valence electrons. The third-order valence-electron chi connectivity index (χ3n) is 3.20. The smallest absolute Gasteiger partial charge is 0.270 e. The molecule has 1 heterocycles. The lowest BCUT2D eigenvalue weighted by atomic mass is 10.1. The quantitative estimate of drug-likeness (QED) is 0.436. The van der Waals surface area contributed by atoms with Crippen LogP contribution in [-0.4, -0.2) is 20.1 Å². The van der Waals surface area contributed by atoms with Crippen LogP contribution in [0.4, 0.5) is 11.4 Å². The number of nitro groups is 1. The van der Waals surface area contributed by atoms with E-state index in [-0.39, 0.29) is 5.69 Å². The molecule has 2 aromatic carbocycles. The van der Waals surface area contributed by atoms with Gasteiger partial charge in [-0.25, -0.2) is 4.98 Å². The van der Waals surface area contributed by atoms with Crippen molar-refractivity contribution >= 4 is 11.4 Å². The number of nitrogen functional groups attached to an aromatic ring is 1. The number of hydrogen-bond acceptors (Lipinski definition) is 5. The average Bonchev–Trinajstić information content (AvgIpc) is 2.98. The highest BCUT2D eigenvalue weighted by molar-refractivity contribution is 5.58. The van der Waals surface area contributed by atoms with Gasteiger partial charge in [0, 0.05) is 29.8 Å². The highest BCUT2D eigenvalue weighted by atomic mass is 16.6. The van der Waals surface area contributed by atoms with E-state index in [0.717, 1.165) is 5.56 Å². The molecule has 0 fully saturated rings. The third kappa shape index (κ3) is 2.93. The lowest BCUT2D eigenvalue weighted by Gasteiger charge is -1.98. The number of nitrogens with zero attached hydrogens (tertiary/aromatic N) is 3. The van der Waals surface area contributed by atoms with Crippen molar-refractivity contribution in [3.05, 3.63) is 70.0 Å². The van der Waals surface area contributed by atoms with Gasteiger partial charge in [-0.05, 0) is 17.7 Å². The number of hydrogen-bond donors (Lipinski definition) is 2. The molecule has 0 saturated heterocycles. The summed E-state index contributed by atoms with van der Waals surface area (Å²) in [7, 11) is 0. The van der Waals surface area contributed by atoms with Crippen molar-refractivity contribution in [3.63, 3.8) is 0 Å². The number of nitrogens with one attached hydrogen (secondary N) is 1. The van der Waals surface area contributed by atoms with E-state index in [9.17, 15) is 10.1 Å². The van der Waals surface area contributed by atoms with Crippen LogP contribution in [-0.2, 0) is 6.42 Å². The first kappa shape index (κ1) is 13.7. The van der Waals surface area contributed by atoms with Gasteiger partial charge in [0.25, 0.3) is 5.69 Å². The fourth-order valence-corrected chi connectivity index (χ4v) is 2.09. The Bertz CT molecular complexity index is 811. The summed E-state index contributed by atoms with van der Waals surface area (Å²) in [6, 6.07) is 13.7. The summed E-state index contributed by atoms with van der Waals surface area (Å²) in [5.41, 5.74) is 8.03. The summed E-state index contributed by atoms with van der Waals surface area (Å²) in [5, 5.41) is 17.8. The van der Waals surface area contributed by atoms with E-state index in [4.69, 9.17) is 5.73 Å². The van der Waals surface area contributed by atoms with Crippen LogP contribution in [0.3, 0.4) is 0 Å². The molecule has 0 amide bonds. The Labute approximate surface area is 126 Å². The van der Waals surface area contributed by atoms with E-state index in [1.807, 2.05) is 24.3 Å². The van der Waals surface area contributed by atoms with Gasteiger partial charge in [-0.3, -0.25) is 15.2 Å². The molecule has 0 aliphatic heterocycles. The van der Waals surface area contributed by atoms with Gasteiger partial charge in [-0.2, -0.15) is 5.10 Å². The molecule has 3 aromatic rings. The minimum absolute atomic E-state index is 0.0161. The summed E-state index contributed by atoms with van der Waals surface area (Å²) in [6.07, 6.45) is 0.586. The maximum absolute atomic E-state index is 10.8. The molecule has 7 nitrogen and oxygen atoms in total. The number of aromatic amines is 1. The Morgan fingerprint density at radius 2 is 1.95 bits per heavy atom. The van der Waals surface area contributed by atoms with Crippen LogP contribution in [0.2, 0.25) is 0 Å². The van der Waals surface area contributed by atoms with E-state index >= 15 is 0 Å². The third-order valence-corrected chi connectivity index (χ3v) is 3.20. The van der Waals surface area contributed by atoms with Crippen molar-refractivity contribution in [1.82, 2.24) is 15.2 Å². The van der Waals surface area contributed by atoms with Crippen LogP contribution in [0.1, 0.15) is 11.4 Å². The zero-order valence-electron chi connectivity index (χ0n) is 11.6. The summed E-state index contributed by atoms with van der Waals surface area (Å²) in [5.74, 6) is 1.13. The molecule has 0 aliphatic carbocycles. The molecular weight excluding hydrogens is 282 g/mol. The highest BCUT2D eigenvalue weighted by Crippen LogP contribution is 2.21. The first-order valence-corrected chi connectivity index (χ1v) is 6.62. The largest absolute Gasteiger partial charge is 0.399 e. The zero-order chi connectivity index (χ0) is 15.5. The molecule has 0 aliphatic rings. The number of benzene rings is 2. The van der Waals surface area contributed by atoms with E-state index < -0.39 is 4.92 Å². The van der Waals surface area contributed by atoms with Gasteiger partial charge < -0.3 is 5.73 Å². The van der Waals surface area contributed by atoms with E-state index in [2.05, 4.69) is 15.2 Å². The van der Waals surface area contributed by atoms with Crippen LogP contribution in [0.15, 0.2) is 48.5 Å². The Kier molecular flexibility index (Phi) is 3.53. The van der Waals surface area contributed by atoms with Crippen molar-refractivity contribution in [2.75, 3.05) is 5.73 Å². The lowest BCUT2D eigenvalue weighted by Crippen LogP contribution is -1.92. The number of anilines is 1. The number of non-ortho nitro benzene ring substituents is 1. The second-order valence-electron chi connectivity index (χ2n) is 4.83. The van der Waals surface area contributed by atoms with Gasteiger partial charge in [0.05, 0.1) is 4.92 Å². The summed E-state index contributed by atoms with van der Waals surface area (Å²) >= 11 is 0. The predicted octanol–water partition coefficient (Wildman–Crippen LogP) is 2.55. The summed E-state index contributed by atoms with van der Waals surface area (Å²) in [6.45, 7) is 0. The maximum atomic E-state index is 10.8. The first-order chi connectivity index (χ1) is 10.6. The van der Waals surface area contributed by atoms with Crippen LogP contribution in [0.25, 0.3) is 11.4 Å². The molecule has 0 spiro atoms. The lowest BCUT2D eigenvalue weighted by molar-refractivity contribution is -0.384. The van der Waals surface area contributed by atoms with Gasteiger partial charge in [-0.15, -0.1) is 0 Å². The molecular formula is C15H13N5O2. The highest BCUT2D eigenvalue weighted by Gasteiger charge is 2.11. The normalized spacial score (nSPS) is 10.5. The Balaban J connectivity index is 1.83. The molecule has 7 heteroatoms. The van der Waals surface area contributed by atoms with Gasteiger partial charge >= 0.3 is 0 Å². The predicted molar refractivity (Wildman–Crippen MR) is 82.1 cm³/mol. The van der Waals surface area contributed by atoms with Crippen LogP contribution < -0.4 is 5.73 Å². The number of nitrogens with two attached hydrogens (primary N) is 1. The van der Waals surface area contributed by atoms with Gasteiger partial charge in [0.1, 0.15) is 5.82 Å². The van der Waals surface area contributed by atoms with Gasteiger partial charge in [0.15, 0.2) is 5.82 Å². The van der Waals surface area contributed by atoms with E-state index in [1.54, 1.807) is 12.1 Å². The Morgan fingerprint density at radius 3 is 2.68 bits per heavy atom. The molecule has 0 saturated carbocycles. The van der Waals surface area contributed by atoms with Crippen molar-refractivity contribution in [2.45, 2.75) is 6.42 Å². The minimum Gasteiger partial charge on any atom is -0.399 e. The number of rotatable bonds is 4. The van der Waals surface area contributed by atoms with Crippen molar-refractivity contribution in [2.24, 2.45) is 0 Å². The minimum atomic E-state index is -0.439. The van der Waals surface area contributed by atoms with Crippen molar-refractivity contribution < 1.29 is 4.92 Å². The monoisotopic (exact) mass is 295 g/mol. The van der Waals surface area contributed by atoms with Crippen LogP contribution in [0, 0.1) is 10.1 Å². The van der Waals surface area contributed by atoms with E-state index in [1.165, 1.54) is 12.1 Å². The second-order valence-corrected chi connectivity index (χ2v) is 4.83. The first-order valence-electron chi connectivity index (χ1n) is 6.62. The number of H-pyrrole nitrogens is 1. The molecule has 0 bridgehead atoms. The molecule has 3 N–H and O–H groups in total. The average molecular weight is 295 g/mol. The molecule has 0 unspecified atom stereocenters. The van der Waals surface area contributed by atoms with Crippen LogP contribution in [0.5, 0.6) is 0 Å². The second kappa shape index (κ2) is 5.65. The Morgan fingerprint density at radius 1 is 1.18 bits per heavy atom. The maximum Gasteiger partial charge on any atom is 0.270 e. The summed E-state index contributed by atoms with van der Waals surface area (Å²) < 4.78 is 0.